The summed E-state index contributed by atoms with van der Waals surface area (Å²) in [5.74, 6) is -0.344. The van der Waals surface area contributed by atoms with Gasteiger partial charge in [0.15, 0.2) is 11.0 Å². The number of amides is 2. The number of carboxylic acid groups (broad SMARTS) is 1. The molecule has 0 unspecified atom stereocenters. The van der Waals surface area contributed by atoms with E-state index in [-0.39, 0.29) is 11.0 Å². The molecule has 0 atom stereocenters. The van der Waals surface area contributed by atoms with Crippen molar-refractivity contribution in [1.29, 1.82) is 0 Å². The molecule has 0 radical (unpaired) electrons. The van der Waals surface area contributed by atoms with Crippen LogP contribution >= 0.6 is 11.6 Å². The Bertz CT molecular complexity index is 606. The van der Waals surface area contributed by atoms with Crippen molar-refractivity contribution in [2.75, 3.05) is 10.6 Å². The molecular weight excluding hydrogens is 272 g/mol. The molecule has 0 aliphatic heterocycles. The fraction of sp³-hybridized carbons (Fsp3) is 0. The summed E-state index contributed by atoms with van der Waals surface area (Å²) in [6, 6.07) is 9.10. The largest absolute Gasteiger partial charge is 0.465 e. The molecule has 0 aliphatic carbocycles. The summed E-state index contributed by atoms with van der Waals surface area (Å²) in [5.41, 5.74) is 0.917. The van der Waals surface area contributed by atoms with E-state index in [0.717, 1.165) is 0 Å². The number of carbonyl (C=O) groups is 2. The quantitative estimate of drug-likeness (QED) is 0.804. The monoisotopic (exact) mass is 280 g/mol. The lowest BCUT2D eigenvalue weighted by molar-refractivity contribution is 0.0996. The number of halogens is 1. The highest BCUT2D eigenvalue weighted by atomic mass is 35.5. The number of rotatable bonds is 3. The molecule has 0 fully saturated rings. The van der Waals surface area contributed by atoms with Gasteiger partial charge in [-0.3, -0.25) is 10.1 Å². The van der Waals surface area contributed by atoms with Gasteiger partial charge in [-0.1, -0.05) is 0 Å². The van der Waals surface area contributed by atoms with E-state index in [1.54, 1.807) is 12.1 Å². The summed E-state index contributed by atoms with van der Waals surface area (Å²) in [6.07, 6.45) is -1.15. The van der Waals surface area contributed by atoms with Crippen LogP contribution in [0, 0.1) is 0 Å². The first-order chi connectivity index (χ1) is 9.04. The topological polar surface area (TPSA) is 91.6 Å². The Labute approximate surface area is 113 Å². The molecular formula is C12H9ClN2O4. The fourth-order valence-corrected chi connectivity index (χ4v) is 1.54. The van der Waals surface area contributed by atoms with Crippen LogP contribution in [0.3, 0.4) is 0 Å². The van der Waals surface area contributed by atoms with Gasteiger partial charge in [0.1, 0.15) is 0 Å². The number of anilines is 2. The first kappa shape index (κ1) is 13.0. The highest BCUT2D eigenvalue weighted by Gasteiger charge is 2.10. The maximum atomic E-state index is 11.7. The van der Waals surface area contributed by atoms with Gasteiger partial charge < -0.3 is 14.8 Å². The lowest BCUT2D eigenvalue weighted by Crippen LogP contribution is -2.11. The van der Waals surface area contributed by atoms with Crippen molar-refractivity contribution in [2.24, 2.45) is 0 Å². The van der Waals surface area contributed by atoms with Crippen LogP contribution in [0.4, 0.5) is 16.2 Å². The second kappa shape index (κ2) is 5.45. The summed E-state index contributed by atoms with van der Waals surface area (Å²) in [4.78, 5) is 22.1. The van der Waals surface area contributed by atoms with Gasteiger partial charge in [-0.15, -0.1) is 0 Å². The van der Waals surface area contributed by atoms with Crippen molar-refractivity contribution in [2.45, 2.75) is 0 Å². The van der Waals surface area contributed by atoms with Crippen LogP contribution in [0.25, 0.3) is 0 Å². The third-order valence-corrected chi connectivity index (χ3v) is 2.39. The van der Waals surface area contributed by atoms with E-state index in [4.69, 9.17) is 21.1 Å². The first-order valence-corrected chi connectivity index (χ1v) is 5.59. The molecule has 19 heavy (non-hydrogen) atoms. The zero-order valence-corrected chi connectivity index (χ0v) is 10.3. The predicted octanol–water partition coefficient (Wildman–Crippen LogP) is 3.28. The van der Waals surface area contributed by atoms with Crippen LogP contribution in [0.2, 0.25) is 5.22 Å². The highest BCUT2D eigenvalue weighted by Crippen LogP contribution is 2.17. The average Bonchev–Trinajstić information content (AvgIpc) is 2.78. The number of hydrogen-bond acceptors (Lipinski definition) is 3. The van der Waals surface area contributed by atoms with Crippen molar-refractivity contribution in [3.8, 4) is 0 Å². The fourth-order valence-electron chi connectivity index (χ4n) is 1.39. The van der Waals surface area contributed by atoms with E-state index in [0.29, 0.717) is 11.4 Å². The molecule has 2 amide bonds. The van der Waals surface area contributed by atoms with Gasteiger partial charge in [0.2, 0.25) is 0 Å². The van der Waals surface area contributed by atoms with Crippen molar-refractivity contribution >= 4 is 35.0 Å². The van der Waals surface area contributed by atoms with E-state index < -0.39 is 12.0 Å². The lowest BCUT2D eigenvalue weighted by Gasteiger charge is -2.05. The van der Waals surface area contributed by atoms with Crippen LogP contribution in [0.1, 0.15) is 10.6 Å². The zero-order valence-electron chi connectivity index (χ0n) is 9.51. The minimum absolute atomic E-state index is 0.0951. The third kappa shape index (κ3) is 3.49. The summed E-state index contributed by atoms with van der Waals surface area (Å²) in [6.45, 7) is 0. The second-order valence-corrected chi connectivity index (χ2v) is 3.94. The van der Waals surface area contributed by atoms with Crippen LogP contribution in [-0.2, 0) is 0 Å². The Hall–Kier alpha value is -2.47. The number of carbonyl (C=O) groups excluding carboxylic acids is 1. The Morgan fingerprint density at radius 1 is 1.00 bits per heavy atom. The van der Waals surface area contributed by atoms with Gasteiger partial charge in [0, 0.05) is 11.4 Å². The van der Waals surface area contributed by atoms with Crippen molar-refractivity contribution < 1.29 is 19.1 Å². The van der Waals surface area contributed by atoms with E-state index in [1.807, 2.05) is 0 Å². The van der Waals surface area contributed by atoms with Crippen LogP contribution in [-0.4, -0.2) is 17.1 Å². The van der Waals surface area contributed by atoms with Gasteiger partial charge in [0.05, 0.1) is 0 Å². The molecule has 2 aromatic rings. The molecule has 7 heteroatoms. The predicted molar refractivity (Wildman–Crippen MR) is 69.8 cm³/mol. The van der Waals surface area contributed by atoms with Crippen molar-refractivity contribution in [3.63, 3.8) is 0 Å². The van der Waals surface area contributed by atoms with Gasteiger partial charge in [0.25, 0.3) is 5.91 Å². The van der Waals surface area contributed by atoms with Gasteiger partial charge in [-0.25, -0.2) is 4.79 Å². The number of nitrogens with one attached hydrogen (secondary N) is 2. The molecule has 6 nitrogen and oxygen atoms in total. The van der Waals surface area contributed by atoms with Crippen LogP contribution in [0.15, 0.2) is 40.8 Å². The molecule has 0 aliphatic rings. The van der Waals surface area contributed by atoms with Gasteiger partial charge >= 0.3 is 6.09 Å². The maximum Gasteiger partial charge on any atom is 0.409 e. The standard InChI is InChI=1S/C12H9ClN2O4/c13-10-6-5-9(19-10)11(16)14-7-1-3-8(4-2-7)15-12(17)18/h1-6,15H,(H,14,16)(H,17,18). The van der Waals surface area contributed by atoms with Gasteiger partial charge in [-0.05, 0) is 48.0 Å². The average molecular weight is 281 g/mol. The summed E-state index contributed by atoms with van der Waals surface area (Å²) in [5, 5.41) is 13.4. The number of hydrogen-bond donors (Lipinski definition) is 3. The lowest BCUT2D eigenvalue weighted by atomic mass is 10.2. The molecule has 1 aromatic carbocycles. The normalized spacial score (nSPS) is 9.95. The zero-order chi connectivity index (χ0) is 13.8. The Balaban J connectivity index is 2.03. The van der Waals surface area contributed by atoms with E-state index in [1.165, 1.54) is 24.3 Å². The molecule has 1 aromatic heterocycles. The summed E-state index contributed by atoms with van der Waals surface area (Å²) in [7, 11) is 0. The molecule has 0 saturated carbocycles. The summed E-state index contributed by atoms with van der Waals surface area (Å²) < 4.78 is 4.96. The number of furan rings is 1. The van der Waals surface area contributed by atoms with E-state index in [9.17, 15) is 9.59 Å². The Kier molecular flexibility index (Phi) is 3.72. The third-order valence-electron chi connectivity index (χ3n) is 2.19. The Morgan fingerprint density at radius 3 is 2.05 bits per heavy atom. The van der Waals surface area contributed by atoms with Crippen molar-refractivity contribution in [1.82, 2.24) is 0 Å². The highest BCUT2D eigenvalue weighted by molar-refractivity contribution is 6.29. The molecule has 1 heterocycles. The molecule has 2 rings (SSSR count). The molecule has 3 N–H and O–H groups in total. The SMILES string of the molecule is O=C(O)Nc1ccc(NC(=O)c2ccc(Cl)o2)cc1. The maximum absolute atomic E-state index is 11.7. The van der Waals surface area contributed by atoms with E-state index >= 15 is 0 Å². The van der Waals surface area contributed by atoms with E-state index in [2.05, 4.69) is 10.6 Å². The molecule has 98 valence electrons. The van der Waals surface area contributed by atoms with Crippen LogP contribution < -0.4 is 10.6 Å². The van der Waals surface area contributed by atoms with Gasteiger partial charge in [-0.2, -0.15) is 0 Å². The molecule has 0 bridgehead atoms. The number of benzene rings is 1. The summed E-state index contributed by atoms with van der Waals surface area (Å²) >= 11 is 5.57. The Morgan fingerprint density at radius 2 is 1.58 bits per heavy atom. The van der Waals surface area contributed by atoms with Crippen LogP contribution in [0.5, 0.6) is 0 Å². The van der Waals surface area contributed by atoms with Crippen molar-refractivity contribution in [3.05, 3.63) is 47.4 Å². The molecule has 0 spiro atoms. The minimum atomic E-state index is -1.15. The second-order valence-electron chi connectivity index (χ2n) is 3.57. The first-order valence-electron chi connectivity index (χ1n) is 5.21. The smallest absolute Gasteiger partial charge is 0.409 e. The molecule has 0 saturated heterocycles. The minimum Gasteiger partial charge on any atom is -0.465 e.